The third-order valence-corrected chi connectivity index (χ3v) is 7.13. The van der Waals surface area contributed by atoms with Gasteiger partial charge >= 0.3 is 0 Å². The molecule has 1 atom stereocenters. The maximum atomic E-state index is 12.2. The van der Waals surface area contributed by atoms with Crippen molar-refractivity contribution in [1.29, 1.82) is 0 Å². The second-order valence-corrected chi connectivity index (χ2v) is 8.88. The first-order valence-corrected chi connectivity index (χ1v) is 9.59. The van der Waals surface area contributed by atoms with Gasteiger partial charge in [-0.1, -0.05) is 36.4 Å². The van der Waals surface area contributed by atoms with Gasteiger partial charge in [0.05, 0.1) is 9.59 Å². The summed E-state index contributed by atoms with van der Waals surface area (Å²) in [5.41, 5.74) is 0. The van der Waals surface area contributed by atoms with Crippen molar-refractivity contribution in [1.82, 2.24) is 4.90 Å². The van der Waals surface area contributed by atoms with E-state index in [1.807, 2.05) is 6.92 Å². The summed E-state index contributed by atoms with van der Waals surface area (Å²) in [7, 11) is -3.86. The standard InChI is InChI=1S/C12H13ClN2O3S3/c1-3-7-15-11(16)8(4-2)19-12(15)14-21(17,18)10-6-5-9(13)20-10/h3,5-6,8H,1,4,7H2,2H3. The first-order valence-electron chi connectivity index (χ1n) is 6.08. The summed E-state index contributed by atoms with van der Waals surface area (Å²) in [4.78, 5) is 13.5. The third kappa shape index (κ3) is 3.50. The number of carbonyl (C=O) groups excluding carboxylic acids is 1. The number of hydrogen-bond donors (Lipinski definition) is 0. The fourth-order valence-electron chi connectivity index (χ4n) is 1.72. The van der Waals surface area contributed by atoms with Crippen molar-refractivity contribution in [3.8, 4) is 0 Å². The SMILES string of the molecule is C=CCN1C(=O)C(CC)SC1=NS(=O)(=O)c1ccc(Cl)s1. The molecular formula is C12H13ClN2O3S3. The van der Waals surface area contributed by atoms with Gasteiger partial charge in [0.1, 0.15) is 4.21 Å². The molecule has 1 aliphatic rings. The van der Waals surface area contributed by atoms with Gasteiger partial charge in [-0.15, -0.1) is 22.3 Å². The molecule has 2 heterocycles. The van der Waals surface area contributed by atoms with E-state index >= 15 is 0 Å². The van der Waals surface area contributed by atoms with Gasteiger partial charge < -0.3 is 0 Å². The fourth-order valence-corrected chi connectivity index (χ4v) is 5.48. The van der Waals surface area contributed by atoms with Crippen molar-refractivity contribution < 1.29 is 13.2 Å². The highest BCUT2D eigenvalue weighted by Crippen LogP contribution is 2.32. The molecule has 21 heavy (non-hydrogen) atoms. The molecule has 0 saturated carbocycles. The number of nitrogens with zero attached hydrogens (tertiary/aromatic N) is 2. The Morgan fingerprint density at radius 3 is 2.76 bits per heavy atom. The van der Waals surface area contributed by atoms with Gasteiger partial charge in [0.25, 0.3) is 10.0 Å². The van der Waals surface area contributed by atoms with Crippen LogP contribution in [0.4, 0.5) is 0 Å². The Hall–Kier alpha value is -0.830. The number of amidine groups is 1. The number of thiophene rings is 1. The van der Waals surface area contributed by atoms with Crippen molar-refractivity contribution in [2.24, 2.45) is 4.40 Å². The molecule has 1 unspecified atom stereocenters. The van der Waals surface area contributed by atoms with Gasteiger partial charge in [0.15, 0.2) is 5.17 Å². The Morgan fingerprint density at radius 2 is 2.24 bits per heavy atom. The zero-order chi connectivity index (χ0) is 15.6. The predicted molar refractivity (Wildman–Crippen MR) is 87.5 cm³/mol. The maximum Gasteiger partial charge on any atom is 0.294 e. The van der Waals surface area contributed by atoms with Crippen molar-refractivity contribution in [3.63, 3.8) is 0 Å². The second-order valence-electron chi connectivity index (χ2n) is 4.16. The van der Waals surface area contributed by atoms with Gasteiger partial charge in [-0.3, -0.25) is 9.69 Å². The molecule has 1 saturated heterocycles. The summed E-state index contributed by atoms with van der Waals surface area (Å²) in [6, 6.07) is 2.91. The normalized spacial score (nSPS) is 21.2. The van der Waals surface area contributed by atoms with Crippen LogP contribution >= 0.6 is 34.7 Å². The molecule has 114 valence electrons. The van der Waals surface area contributed by atoms with Gasteiger partial charge in [0.2, 0.25) is 5.91 Å². The molecule has 9 heteroatoms. The van der Waals surface area contributed by atoms with E-state index in [9.17, 15) is 13.2 Å². The van der Waals surface area contributed by atoms with E-state index in [4.69, 9.17) is 11.6 Å². The highest BCUT2D eigenvalue weighted by Gasteiger charge is 2.37. The topological polar surface area (TPSA) is 66.8 Å². The smallest absolute Gasteiger partial charge is 0.286 e. The van der Waals surface area contributed by atoms with Crippen LogP contribution in [-0.4, -0.2) is 36.2 Å². The molecular weight excluding hydrogens is 352 g/mol. The zero-order valence-corrected chi connectivity index (χ0v) is 14.4. The second kappa shape index (κ2) is 6.51. The lowest BCUT2D eigenvalue weighted by molar-refractivity contribution is -0.125. The van der Waals surface area contributed by atoms with Crippen LogP contribution in [0.2, 0.25) is 4.34 Å². The predicted octanol–water partition coefficient (Wildman–Crippen LogP) is 2.99. The van der Waals surface area contributed by atoms with Crippen LogP contribution in [0.15, 0.2) is 33.4 Å². The average molecular weight is 365 g/mol. The van der Waals surface area contributed by atoms with Gasteiger partial charge in [0, 0.05) is 6.54 Å². The lowest BCUT2D eigenvalue weighted by Gasteiger charge is -2.13. The van der Waals surface area contributed by atoms with Crippen LogP contribution in [0.25, 0.3) is 0 Å². The number of amides is 1. The summed E-state index contributed by atoms with van der Waals surface area (Å²) < 4.78 is 28.7. The summed E-state index contributed by atoms with van der Waals surface area (Å²) in [6.07, 6.45) is 2.15. The maximum absolute atomic E-state index is 12.2. The zero-order valence-electron chi connectivity index (χ0n) is 11.2. The largest absolute Gasteiger partial charge is 0.294 e. The number of halogens is 1. The van der Waals surface area contributed by atoms with Gasteiger partial charge in [-0.25, -0.2) is 0 Å². The van der Waals surface area contributed by atoms with E-state index in [2.05, 4.69) is 11.0 Å². The molecule has 1 aromatic rings. The monoisotopic (exact) mass is 364 g/mol. The first kappa shape index (κ1) is 16.5. The third-order valence-electron chi connectivity index (χ3n) is 2.70. The van der Waals surface area contributed by atoms with E-state index in [0.29, 0.717) is 10.8 Å². The summed E-state index contributed by atoms with van der Waals surface area (Å²) in [5, 5.41) is -0.109. The highest BCUT2D eigenvalue weighted by molar-refractivity contribution is 8.16. The van der Waals surface area contributed by atoms with Crippen molar-refractivity contribution >= 4 is 55.8 Å². The van der Waals surface area contributed by atoms with E-state index in [0.717, 1.165) is 11.3 Å². The molecule has 1 amide bonds. The Morgan fingerprint density at radius 1 is 1.52 bits per heavy atom. The minimum absolute atomic E-state index is 0.0616. The van der Waals surface area contributed by atoms with Gasteiger partial charge in [-0.2, -0.15) is 8.42 Å². The molecule has 0 radical (unpaired) electrons. The Kier molecular flexibility index (Phi) is 5.13. The molecule has 0 spiro atoms. The molecule has 0 bridgehead atoms. The number of hydrogen-bond acceptors (Lipinski definition) is 5. The van der Waals surface area contributed by atoms with Crippen LogP contribution in [0.1, 0.15) is 13.3 Å². The van der Waals surface area contributed by atoms with Crippen molar-refractivity contribution in [2.75, 3.05) is 6.54 Å². The average Bonchev–Trinajstić information content (AvgIpc) is 2.97. The number of carbonyl (C=O) groups is 1. The van der Waals surface area contributed by atoms with Crippen LogP contribution in [0.3, 0.4) is 0 Å². The van der Waals surface area contributed by atoms with Crippen LogP contribution in [0.5, 0.6) is 0 Å². The summed E-state index contributed by atoms with van der Waals surface area (Å²) >= 11 is 7.86. The summed E-state index contributed by atoms with van der Waals surface area (Å²) in [5.74, 6) is -0.138. The summed E-state index contributed by atoms with van der Waals surface area (Å²) in [6.45, 7) is 5.69. The fraction of sp³-hybridized carbons (Fsp3) is 0.333. The number of thioether (sulfide) groups is 1. The molecule has 0 aromatic carbocycles. The van der Waals surface area contributed by atoms with Crippen LogP contribution in [-0.2, 0) is 14.8 Å². The lowest BCUT2D eigenvalue weighted by atomic mass is 10.3. The Balaban J connectivity index is 2.38. The first-order chi connectivity index (χ1) is 9.89. The van der Waals surface area contributed by atoms with Crippen molar-refractivity contribution in [2.45, 2.75) is 22.8 Å². The Labute approximate surface area is 136 Å². The minimum Gasteiger partial charge on any atom is -0.286 e. The van der Waals surface area contributed by atoms with Crippen LogP contribution in [0, 0.1) is 0 Å². The molecule has 5 nitrogen and oxygen atoms in total. The molecule has 1 aliphatic heterocycles. The van der Waals surface area contributed by atoms with Crippen molar-refractivity contribution in [3.05, 3.63) is 29.1 Å². The highest BCUT2D eigenvalue weighted by atomic mass is 35.5. The molecule has 1 aromatic heterocycles. The number of rotatable bonds is 5. The van der Waals surface area contributed by atoms with E-state index in [1.165, 1.54) is 28.8 Å². The van der Waals surface area contributed by atoms with E-state index in [1.54, 1.807) is 6.08 Å². The Bertz CT molecular complexity index is 696. The molecule has 2 rings (SSSR count). The molecule has 0 aliphatic carbocycles. The van der Waals surface area contributed by atoms with E-state index in [-0.39, 0.29) is 27.1 Å². The van der Waals surface area contributed by atoms with Crippen LogP contribution < -0.4 is 0 Å². The van der Waals surface area contributed by atoms with Gasteiger partial charge in [-0.05, 0) is 18.6 Å². The van der Waals surface area contributed by atoms with E-state index < -0.39 is 10.0 Å². The quantitative estimate of drug-likeness (QED) is 0.753. The lowest BCUT2D eigenvalue weighted by Crippen LogP contribution is -2.32. The number of sulfonamides is 1. The molecule has 0 N–H and O–H groups in total. The molecule has 1 fully saturated rings. The minimum atomic E-state index is -3.86.